The third kappa shape index (κ3) is 5.65. The zero-order chi connectivity index (χ0) is 24.6. The Morgan fingerprint density at radius 2 is 1.31 bits per heavy atom. The van der Waals surface area contributed by atoms with Crippen molar-refractivity contribution in [2.24, 2.45) is 0 Å². The SMILES string of the molecule is COc1cccc(OC)c1C(=O)Oc1cccc(C=CC(=O)c2ccc(-c3ccccc3)cc2)c1. The minimum Gasteiger partial charge on any atom is -0.496 e. The number of ether oxygens (including phenoxy) is 3. The fraction of sp³-hybridized carbons (Fsp3) is 0.0667. The average molecular weight is 465 g/mol. The molecule has 4 aromatic rings. The summed E-state index contributed by atoms with van der Waals surface area (Å²) in [5.41, 5.74) is 3.65. The second-order valence-corrected chi connectivity index (χ2v) is 7.64. The van der Waals surface area contributed by atoms with Crippen molar-refractivity contribution in [3.05, 3.63) is 120 Å². The first kappa shape index (κ1) is 23.5. The van der Waals surface area contributed by atoms with E-state index in [1.54, 1.807) is 42.5 Å². The van der Waals surface area contributed by atoms with E-state index in [9.17, 15) is 9.59 Å². The number of esters is 1. The van der Waals surface area contributed by atoms with Gasteiger partial charge in [0, 0.05) is 5.56 Å². The molecule has 0 amide bonds. The van der Waals surface area contributed by atoms with Crippen LogP contribution in [0.2, 0.25) is 0 Å². The largest absolute Gasteiger partial charge is 0.496 e. The van der Waals surface area contributed by atoms with Crippen molar-refractivity contribution >= 4 is 17.8 Å². The van der Waals surface area contributed by atoms with E-state index in [-0.39, 0.29) is 11.3 Å². The van der Waals surface area contributed by atoms with Gasteiger partial charge in [-0.1, -0.05) is 78.9 Å². The fourth-order valence-electron chi connectivity index (χ4n) is 3.62. The topological polar surface area (TPSA) is 61.8 Å². The number of hydrogen-bond acceptors (Lipinski definition) is 5. The summed E-state index contributed by atoms with van der Waals surface area (Å²) in [4.78, 5) is 25.5. The van der Waals surface area contributed by atoms with Gasteiger partial charge in [-0.25, -0.2) is 4.79 Å². The van der Waals surface area contributed by atoms with Gasteiger partial charge in [-0.3, -0.25) is 4.79 Å². The minimum absolute atomic E-state index is 0.120. The minimum atomic E-state index is -0.602. The van der Waals surface area contributed by atoms with Crippen LogP contribution in [0.4, 0.5) is 0 Å². The van der Waals surface area contributed by atoms with Crippen LogP contribution >= 0.6 is 0 Å². The normalized spacial score (nSPS) is 10.7. The van der Waals surface area contributed by atoms with Crippen molar-refractivity contribution < 1.29 is 23.8 Å². The van der Waals surface area contributed by atoms with E-state index in [0.717, 1.165) is 16.7 Å². The van der Waals surface area contributed by atoms with Gasteiger partial charge in [0.15, 0.2) is 5.78 Å². The molecule has 0 aliphatic rings. The third-order valence-corrected chi connectivity index (χ3v) is 5.40. The van der Waals surface area contributed by atoms with Gasteiger partial charge in [0.1, 0.15) is 22.8 Å². The number of rotatable bonds is 8. The zero-order valence-corrected chi connectivity index (χ0v) is 19.4. The van der Waals surface area contributed by atoms with Gasteiger partial charge in [-0.05, 0) is 47.0 Å². The van der Waals surface area contributed by atoms with Gasteiger partial charge in [-0.2, -0.15) is 0 Å². The first-order valence-corrected chi connectivity index (χ1v) is 11.0. The molecule has 5 heteroatoms. The molecule has 4 rings (SSSR count). The van der Waals surface area contributed by atoms with Crippen LogP contribution in [0.5, 0.6) is 17.2 Å². The monoisotopic (exact) mass is 464 g/mol. The Bertz CT molecular complexity index is 1330. The summed E-state index contributed by atoms with van der Waals surface area (Å²) < 4.78 is 16.1. The third-order valence-electron chi connectivity index (χ3n) is 5.40. The Balaban J connectivity index is 1.46. The molecule has 0 fully saturated rings. The van der Waals surface area contributed by atoms with Crippen molar-refractivity contribution in [3.63, 3.8) is 0 Å². The van der Waals surface area contributed by atoms with Crippen LogP contribution in [0.15, 0.2) is 103 Å². The molecular formula is C30H24O5. The van der Waals surface area contributed by atoms with Crippen LogP contribution in [0.1, 0.15) is 26.3 Å². The van der Waals surface area contributed by atoms with E-state index in [1.165, 1.54) is 20.3 Å². The maximum absolute atomic E-state index is 12.8. The number of methoxy groups -OCH3 is 2. The summed E-state index contributed by atoms with van der Waals surface area (Å²) in [7, 11) is 2.95. The lowest BCUT2D eigenvalue weighted by Crippen LogP contribution is -2.12. The predicted octanol–water partition coefficient (Wildman–Crippen LogP) is 6.49. The van der Waals surface area contributed by atoms with E-state index >= 15 is 0 Å². The molecule has 0 unspecified atom stereocenters. The molecule has 0 bridgehead atoms. The fourth-order valence-corrected chi connectivity index (χ4v) is 3.62. The number of carbonyl (C=O) groups is 2. The highest BCUT2D eigenvalue weighted by atomic mass is 16.5. The number of ketones is 1. The molecule has 0 spiro atoms. The standard InChI is InChI=1S/C30H24O5/c1-33-27-12-7-13-28(34-2)29(27)30(32)35-25-11-6-8-21(20-25)14-19-26(31)24-17-15-23(16-18-24)22-9-4-3-5-10-22/h3-20H,1-2H3. The van der Waals surface area contributed by atoms with Crippen molar-refractivity contribution in [1.82, 2.24) is 0 Å². The van der Waals surface area contributed by atoms with Gasteiger partial charge in [0.05, 0.1) is 14.2 Å². The van der Waals surface area contributed by atoms with Gasteiger partial charge >= 0.3 is 5.97 Å². The van der Waals surface area contributed by atoms with Gasteiger partial charge in [0.2, 0.25) is 0 Å². The Hall–Kier alpha value is -4.64. The van der Waals surface area contributed by atoms with Crippen molar-refractivity contribution in [3.8, 4) is 28.4 Å². The second-order valence-electron chi connectivity index (χ2n) is 7.64. The molecule has 0 aromatic heterocycles. The number of benzene rings is 4. The Morgan fingerprint density at radius 1 is 0.686 bits per heavy atom. The molecule has 0 saturated carbocycles. The zero-order valence-electron chi connectivity index (χ0n) is 19.4. The summed E-state index contributed by atoms with van der Waals surface area (Å²) in [6, 6.07) is 29.5. The van der Waals surface area contributed by atoms with Crippen LogP contribution in [0, 0.1) is 0 Å². The van der Waals surface area contributed by atoms with Gasteiger partial charge < -0.3 is 14.2 Å². The van der Waals surface area contributed by atoms with E-state index in [0.29, 0.717) is 22.8 Å². The first-order valence-electron chi connectivity index (χ1n) is 11.0. The molecule has 5 nitrogen and oxygen atoms in total. The van der Waals surface area contributed by atoms with Gasteiger partial charge in [0.25, 0.3) is 0 Å². The molecule has 0 saturated heterocycles. The van der Waals surface area contributed by atoms with Crippen molar-refractivity contribution in [1.29, 1.82) is 0 Å². The lowest BCUT2D eigenvalue weighted by Gasteiger charge is -2.12. The number of hydrogen-bond donors (Lipinski definition) is 0. The van der Waals surface area contributed by atoms with Crippen LogP contribution < -0.4 is 14.2 Å². The van der Waals surface area contributed by atoms with E-state index in [2.05, 4.69) is 0 Å². The molecule has 0 radical (unpaired) electrons. The quantitative estimate of drug-likeness (QED) is 0.129. The van der Waals surface area contributed by atoms with Gasteiger partial charge in [-0.15, -0.1) is 0 Å². The molecule has 0 N–H and O–H groups in total. The van der Waals surface area contributed by atoms with Crippen molar-refractivity contribution in [2.75, 3.05) is 14.2 Å². The smallest absolute Gasteiger partial charge is 0.351 e. The van der Waals surface area contributed by atoms with Crippen LogP contribution in [-0.4, -0.2) is 26.0 Å². The summed E-state index contributed by atoms with van der Waals surface area (Å²) >= 11 is 0. The summed E-state index contributed by atoms with van der Waals surface area (Å²) in [5, 5.41) is 0. The lowest BCUT2D eigenvalue weighted by atomic mass is 10.0. The highest BCUT2D eigenvalue weighted by Crippen LogP contribution is 2.30. The first-order chi connectivity index (χ1) is 17.1. The molecule has 35 heavy (non-hydrogen) atoms. The van der Waals surface area contributed by atoms with E-state index < -0.39 is 5.97 Å². The summed E-state index contributed by atoms with van der Waals surface area (Å²) in [5.74, 6) is 0.328. The van der Waals surface area contributed by atoms with E-state index in [4.69, 9.17) is 14.2 Å². The number of allylic oxidation sites excluding steroid dienone is 1. The highest BCUT2D eigenvalue weighted by molar-refractivity contribution is 6.07. The number of carbonyl (C=O) groups excluding carboxylic acids is 2. The Kier molecular flexibility index (Phi) is 7.38. The molecule has 0 heterocycles. The van der Waals surface area contributed by atoms with E-state index in [1.807, 2.05) is 60.7 Å². The summed E-state index contributed by atoms with van der Waals surface area (Å²) in [6.45, 7) is 0. The molecular weight excluding hydrogens is 440 g/mol. The van der Waals surface area contributed by atoms with Crippen molar-refractivity contribution in [2.45, 2.75) is 0 Å². The maximum atomic E-state index is 12.8. The Morgan fingerprint density at radius 3 is 1.97 bits per heavy atom. The van der Waals surface area contributed by atoms with Crippen LogP contribution in [0.3, 0.4) is 0 Å². The molecule has 0 aliphatic carbocycles. The maximum Gasteiger partial charge on any atom is 0.351 e. The molecule has 0 aliphatic heterocycles. The molecule has 4 aromatic carbocycles. The Labute approximate surface area is 204 Å². The molecule has 0 atom stereocenters. The second kappa shape index (κ2) is 11.0. The summed E-state index contributed by atoms with van der Waals surface area (Å²) in [6.07, 6.45) is 3.19. The van der Waals surface area contributed by atoms with Crippen LogP contribution in [0.25, 0.3) is 17.2 Å². The average Bonchev–Trinajstić information content (AvgIpc) is 2.92. The highest BCUT2D eigenvalue weighted by Gasteiger charge is 2.20. The van der Waals surface area contributed by atoms with Crippen LogP contribution in [-0.2, 0) is 0 Å². The molecule has 174 valence electrons. The predicted molar refractivity (Wildman–Crippen MR) is 136 cm³/mol. The lowest BCUT2D eigenvalue weighted by molar-refractivity contribution is 0.0727.